The van der Waals surface area contributed by atoms with Crippen LogP contribution in [0.15, 0.2) is 54.6 Å². The van der Waals surface area contributed by atoms with Crippen molar-refractivity contribution >= 4 is 22.2 Å². The van der Waals surface area contributed by atoms with Crippen molar-refractivity contribution in [2.24, 2.45) is 0 Å². The molecule has 0 amide bonds. The highest BCUT2D eigenvalue weighted by atomic mass is 16.1. The van der Waals surface area contributed by atoms with Gasteiger partial charge in [-0.2, -0.15) is 0 Å². The van der Waals surface area contributed by atoms with E-state index in [1.54, 1.807) is 0 Å². The van der Waals surface area contributed by atoms with E-state index in [4.69, 9.17) is 5.73 Å². The van der Waals surface area contributed by atoms with Crippen LogP contribution < -0.4 is 5.73 Å². The van der Waals surface area contributed by atoms with Crippen LogP contribution in [0.5, 0.6) is 0 Å². The van der Waals surface area contributed by atoms with Gasteiger partial charge in [-0.1, -0.05) is 48.5 Å². The van der Waals surface area contributed by atoms with Gasteiger partial charge in [0.2, 0.25) is 0 Å². The van der Waals surface area contributed by atoms with Crippen LogP contribution in [0, 0.1) is 13.8 Å². The molecule has 3 rings (SSSR count). The van der Waals surface area contributed by atoms with Crippen molar-refractivity contribution in [3.05, 3.63) is 76.9 Å². The number of carbonyl (C=O) groups is 1. The van der Waals surface area contributed by atoms with Gasteiger partial charge in [0.05, 0.1) is 0 Å². The second-order valence-corrected chi connectivity index (χ2v) is 5.32. The zero-order valence-electron chi connectivity index (χ0n) is 12.2. The fraction of sp³-hybridized carbons (Fsp3) is 0.105. The molecule has 0 aliphatic heterocycles. The first-order chi connectivity index (χ1) is 10.1. The van der Waals surface area contributed by atoms with E-state index < -0.39 is 0 Å². The zero-order valence-corrected chi connectivity index (χ0v) is 12.2. The molecule has 0 aliphatic carbocycles. The van der Waals surface area contributed by atoms with Gasteiger partial charge in [0.1, 0.15) is 0 Å². The van der Waals surface area contributed by atoms with Gasteiger partial charge in [0.25, 0.3) is 0 Å². The summed E-state index contributed by atoms with van der Waals surface area (Å²) in [5.41, 5.74) is 9.98. The smallest absolute Gasteiger partial charge is 0.193 e. The third kappa shape index (κ3) is 2.19. The average molecular weight is 275 g/mol. The summed E-state index contributed by atoms with van der Waals surface area (Å²) in [6.45, 7) is 3.95. The van der Waals surface area contributed by atoms with Crippen LogP contribution >= 0.6 is 0 Å². The van der Waals surface area contributed by atoms with Crippen LogP contribution in [0.2, 0.25) is 0 Å². The lowest BCUT2D eigenvalue weighted by atomic mass is 9.93. The van der Waals surface area contributed by atoms with Crippen molar-refractivity contribution in [3.8, 4) is 0 Å². The lowest BCUT2D eigenvalue weighted by molar-refractivity contribution is 0.104. The van der Waals surface area contributed by atoms with E-state index in [2.05, 4.69) is 6.92 Å². The first kappa shape index (κ1) is 13.4. The summed E-state index contributed by atoms with van der Waals surface area (Å²) in [5, 5.41) is 2.11. The summed E-state index contributed by atoms with van der Waals surface area (Å²) in [6, 6.07) is 17.4. The summed E-state index contributed by atoms with van der Waals surface area (Å²) in [7, 11) is 0. The number of anilines is 1. The maximum absolute atomic E-state index is 12.9. The molecular formula is C19H17NO. The Hall–Kier alpha value is -2.61. The molecule has 2 N–H and O–H groups in total. The number of hydrogen-bond acceptors (Lipinski definition) is 2. The number of rotatable bonds is 2. The van der Waals surface area contributed by atoms with E-state index in [-0.39, 0.29) is 5.78 Å². The van der Waals surface area contributed by atoms with Crippen molar-refractivity contribution in [3.63, 3.8) is 0 Å². The lowest BCUT2D eigenvalue weighted by Crippen LogP contribution is -2.06. The highest BCUT2D eigenvalue weighted by Gasteiger charge is 2.16. The molecule has 0 aliphatic rings. The van der Waals surface area contributed by atoms with Crippen molar-refractivity contribution in [2.45, 2.75) is 13.8 Å². The Morgan fingerprint density at radius 1 is 0.810 bits per heavy atom. The highest BCUT2D eigenvalue weighted by molar-refractivity contribution is 6.17. The number of carbonyl (C=O) groups excluding carboxylic acids is 1. The minimum absolute atomic E-state index is 0.0241. The molecule has 3 aromatic carbocycles. The summed E-state index contributed by atoms with van der Waals surface area (Å²) in [5.74, 6) is 0.0241. The van der Waals surface area contributed by atoms with E-state index in [0.29, 0.717) is 11.3 Å². The van der Waals surface area contributed by atoms with E-state index in [0.717, 1.165) is 21.9 Å². The van der Waals surface area contributed by atoms with Crippen molar-refractivity contribution in [1.29, 1.82) is 0 Å². The summed E-state index contributed by atoms with van der Waals surface area (Å²) in [6.07, 6.45) is 0. The van der Waals surface area contributed by atoms with Crippen LogP contribution in [0.25, 0.3) is 10.8 Å². The van der Waals surface area contributed by atoms with Crippen LogP contribution in [0.3, 0.4) is 0 Å². The summed E-state index contributed by atoms with van der Waals surface area (Å²) >= 11 is 0. The van der Waals surface area contributed by atoms with Gasteiger partial charge in [-0.05, 0) is 41.8 Å². The molecule has 0 atom stereocenters. The molecule has 0 unspecified atom stereocenters. The minimum Gasteiger partial charge on any atom is -0.398 e. The van der Waals surface area contributed by atoms with Gasteiger partial charge >= 0.3 is 0 Å². The Balaban J connectivity index is 2.23. The van der Waals surface area contributed by atoms with E-state index in [1.165, 1.54) is 5.56 Å². The van der Waals surface area contributed by atoms with Crippen molar-refractivity contribution in [2.75, 3.05) is 5.73 Å². The third-order valence-corrected chi connectivity index (χ3v) is 4.01. The first-order valence-electron chi connectivity index (χ1n) is 6.97. The van der Waals surface area contributed by atoms with Crippen LogP contribution in [-0.2, 0) is 0 Å². The van der Waals surface area contributed by atoms with Crippen LogP contribution in [0.1, 0.15) is 27.0 Å². The maximum atomic E-state index is 12.9. The molecule has 0 saturated heterocycles. The number of fused-ring (bicyclic) bond motifs is 1. The predicted molar refractivity (Wildman–Crippen MR) is 87.7 cm³/mol. The number of aryl methyl sites for hydroxylation is 1. The topological polar surface area (TPSA) is 43.1 Å². The minimum atomic E-state index is 0.0241. The third-order valence-electron chi connectivity index (χ3n) is 4.01. The lowest BCUT2D eigenvalue weighted by Gasteiger charge is -2.11. The number of nitrogen functional groups attached to an aromatic ring is 1. The second kappa shape index (κ2) is 5.06. The zero-order chi connectivity index (χ0) is 15.0. The molecule has 0 spiro atoms. The predicted octanol–water partition coefficient (Wildman–Crippen LogP) is 4.27. The second-order valence-electron chi connectivity index (χ2n) is 5.32. The van der Waals surface area contributed by atoms with Crippen LogP contribution in [0.4, 0.5) is 5.69 Å². The molecular weight excluding hydrogens is 258 g/mol. The fourth-order valence-corrected chi connectivity index (χ4v) is 2.69. The van der Waals surface area contributed by atoms with Gasteiger partial charge in [-0.25, -0.2) is 0 Å². The molecule has 0 saturated carbocycles. The molecule has 3 aromatic rings. The largest absolute Gasteiger partial charge is 0.398 e. The van der Waals surface area contributed by atoms with Crippen LogP contribution in [-0.4, -0.2) is 5.78 Å². The maximum Gasteiger partial charge on any atom is 0.193 e. The molecule has 0 radical (unpaired) electrons. The van der Waals surface area contributed by atoms with E-state index in [9.17, 15) is 4.79 Å². The Kier molecular flexibility index (Phi) is 3.22. The van der Waals surface area contributed by atoms with Gasteiger partial charge in [-0.15, -0.1) is 0 Å². The number of nitrogens with two attached hydrogens (primary N) is 1. The number of ketones is 1. The van der Waals surface area contributed by atoms with Gasteiger partial charge in [0, 0.05) is 16.8 Å². The summed E-state index contributed by atoms with van der Waals surface area (Å²) < 4.78 is 0. The normalized spacial score (nSPS) is 10.8. The molecule has 2 nitrogen and oxygen atoms in total. The van der Waals surface area contributed by atoms with Crippen molar-refractivity contribution in [1.82, 2.24) is 0 Å². The van der Waals surface area contributed by atoms with Gasteiger partial charge in [-0.3, -0.25) is 4.79 Å². The SMILES string of the molecule is Cc1c(N)cccc1C(=O)c1ccc(C)c2ccccc12. The Labute approximate surface area is 124 Å². The molecule has 0 heterocycles. The van der Waals surface area contributed by atoms with Gasteiger partial charge in [0.15, 0.2) is 5.78 Å². The van der Waals surface area contributed by atoms with E-state index in [1.807, 2.05) is 61.5 Å². The number of benzene rings is 3. The molecule has 2 heteroatoms. The van der Waals surface area contributed by atoms with E-state index >= 15 is 0 Å². The monoisotopic (exact) mass is 275 g/mol. The molecule has 104 valence electrons. The Morgan fingerprint density at radius 2 is 1.52 bits per heavy atom. The van der Waals surface area contributed by atoms with Crippen molar-refractivity contribution < 1.29 is 4.79 Å². The molecule has 0 fully saturated rings. The summed E-state index contributed by atoms with van der Waals surface area (Å²) in [4.78, 5) is 12.9. The molecule has 0 aromatic heterocycles. The highest BCUT2D eigenvalue weighted by Crippen LogP contribution is 2.26. The van der Waals surface area contributed by atoms with Gasteiger partial charge < -0.3 is 5.73 Å². The molecule has 21 heavy (non-hydrogen) atoms. The fourth-order valence-electron chi connectivity index (χ4n) is 2.69. The first-order valence-corrected chi connectivity index (χ1v) is 6.97. The number of hydrogen-bond donors (Lipinski definition) is 1. The standard InChI is InChI=1S/C19H17NO/c1-12-10-11-17(16-7-4-3-6-14(12)16)19(21)15-8-5-9-18(20)13(15)2/h3-11H,20H2,1-2H3. The Morgan fingerprint density at radius 3 is 2.29 bits per heavy atom. The Bertz CT molecular complexity index is 849. The quantitative estimate of drug-likeness (QED) is 0.560. The average Bonchev–Trinajstić information content (AvgIpc) is 2.50. The molecule has 0 bridgehead atoms.